The molecule has 1 fully saturated rings. The second-order valence-electron chi connectivity index (χ2n) is 4.40. The number of rotatable bonds is 2. The van der Waals surface area contributed by atoms with Crippen molar-refractivity contribution in [3.63, 3.8) is 0 Å². The standard InChI is InChI=1S/C13H16BrNO2/c14-12-4-2-1-3-11(12)13(17)15-7-5-10(9-16)6-8-15/h1-4,10,16H,5-9H2. The van der Waals surface area contributed by atoms with Crippen molar-refractivity contribution in [3.05, 3.63) is 34.3 Å². The van der Waals surface area contributed by atoms with Gasteiger partial charge in [0.15, 0.2) is 0 Å². The van der Waals surface area contributed by atoms with Crippen LogP contribution in [0.4, 0.5) is 0 Å². The molecule has 1 saturated heterocycles. The Labute approximate surface area is 110 Å². The third-order valence-corrected chi connectivity index (χ3v) is 3.96. The Kier molecular flexibility index (Phi) is 4.18. The van der Waals surface area contributed by atoms with Gasteiger partial charge in [-0.25, -0.2) is 0 Å². The van der Waals surface area contributed by atoms with E-state index in [1.165, 1.54) is 0 Å². The van der Waals surface area contributed by atoms with Gasteiger partial charge in [-0.2, -0.15) is 0 Å². The number of piperidine rings is 1. The summed E-state index contributed by atoms with van der Waals surface area (Å²) in [6.07, 6.45) is 1.79. The summed E-state index contributed by atoms with van der Waals surface area (Å²) in [4.78, 5) is 14.1. The second-order valence-corrected chi connectivity index (χ2v) is 5.25. The van der Waals surface area contributed by atoms with E-state index in [1.807, 2.05) is 29.2 Å². The van der Waals surface area contributed by atoms with E-state index in [9.17, 15) is 4.79 Å². The van der Waals surface area contributed by atoms with Gasteiger partial charge in [0.2, 0.25) is 0 Å². The zero-order valence-corrected chi connectivity index (χ0v) is 11.2. The molecule has 0 aliphatic carbocycles. The second kappa shape index (κ2) is 5.65. The summed E-state index contributed by atoms with van der Waals surface area (Å²) in [5.74, 6) is 0.437. The number of nitrogens with zero attached hydrogens (tertiary/aromatic N) is 1. The van der Waals surface area contributed by atoms with Crippen molar-refractivity contribution in [2.45, 2.75) is 12.8 Å². The zero-order valence-electron chi connectivity index (χ0n) is 9.60. The van der Waals surface area contributed by atoms with Gasteiger partial charge < -0.3 is 10.0 Å². The first-order chi connectivity index (χ1) is 8.22. The molecule has 1 aliphatic rings. The minimum Gasteiger partial charge on any atom is -0.396 e. The van der Waals surface area contributed by atoms with Crippen molar-refractivity contribution in [2.24, 2.45) is 5.92 Å². The molecule has 3 nitrogen and oxygen atoms in total. The number of aliphatic hydroxyl groups is 1. The van der Waals surface area contributed by atoms with E-state index >= 15 is 0 Å². The van der Waals surface area contributed by atoms with Crippen LogP contribution in [0, 0.1) is 5.92 Å². The average Bonchev–Trinajstić information content (AvgIpc) is 2.39. The van der Waals surface area contributed by atoms with Crippen molar-refractivity contribution >= 4 is 21.8 Å². The molecule has 17 heavy (non-hydrogen) atoms. The molecule has 0 radical (unpaired) electrons. The summed E-state index contributed by atoms with van der Waals surface area (Å²) in [7, 11) is 0. The Hall–Kier alpha value is -0.870. The fraction of sp³-hybridized carbons (Fsp3) is 0.462. The summed E-state index contributed by atoms with van der Waals surface area (Å²) < 4.78 is 0.842. The molecule has 1 aliphatic heterocycles. The van der Waals surface area contributed by atoms with Crippen molar-refractivity contribution in [1.82, 2.24) is 4.90 Å². The van der Waals surface area contributed by atoms with Gasteiger partial charge in [0.25, 0.3) is 5.91 Å². The van der Waals surface area contributed by atoms with Crippen molar-refractivity contribution in [1.29, 1.82) is 0 Å². The molecule has 1 aromatic rings. The number of likely N-dealkylation sites (tertiary alicyclic amines) is 1. The molecule has 0 bridgehead atoms. The van der Waals surface area contributed by atoms with Crippen LogP contribution in [0.25, 0.3) is 0 Å². The molecule has 0 aromatic heterocycles. The summed E-state index contributed by atoms with van der Waals surface area (Å²) in [6.45, 7) is 1.72. The van der Waals surface area contributed by atoms with Gasteiger partial charge in [-0.15, -0.1) is 0 Å². The Morgan fingerprint density at radius 3 is 2.59 bits per heavy atom. The van der Waals surface area contributed by atoms with Crippen LogP contribution in [0.2, 0.25) is 0 Å². The van der Waals surface area contributed by atoms with E-state index in [1.54, 1.807) is 0 Å². The van der Waals surface area contributed by atoms with E-state index in [4.69, 9.17) is 5.11 Å². The molecule has 4 heteroatoms. The quantitative estimate of drug-likeness (QED) is 0.910. The van der Waals surface area contributed by atoms with E-state index < -0.39 is 0 Å². The molecule has 0 spiro atoms. The first kappa shape index (κ1) is 12.6. The van der Waals surface area contributed by atoms with Crippen LogP contribution >= 0.6 is 15.9 Å². The highest BCUT2D eigenvalue weighted by Gasteiger charge is 2.23. The Morgan fingerprint density at radius 1 is 1.35 bits per heavy atom. The molecular formula is C13H16BrNO2. The number of halogens is 1. The topological polar surface area (TPSA) is 40.5 Å². The summed E-state index contributed by atoms with van der Waals surface area (Å²) in [5, 5.41) is 9.07. The average molecular weight is 298 g/mol. The number of aliphatic hydroxyl groups excluding tert-OH is 1. The smallest absolute Gasteiger partial charge is 0.254 e. The SMILES string of the molecule is O=C(c1ccccc1Br)N1CCC(CO)CC1. The molecule has 0 atom stereocenters. The normalized spacial score (nSPS) is 17.2. The third-order valence-electron chi connectivity index (χ3n) is 3.26. The molecule has 2 rings (SSSR count). The molecule has 1 amide bonds. The number of hydrogen-bond acceptors (Lipinski definition) is 2. The lowest BCUT2D eigenvalue weighted by atomic mass is 9.97. The third kappa shape index (κ3) is 2.87. The maximum atomic E-state index is 12.2. The van der Waals surface area contributed by atoms with Gasteiger partial charge in [0.05, 0.1) is 5.56 Å². The molecule has 0 unspecified atom stereocenters. The van der Waals surface area contributed by atoms with Crippen LogP contribution in [0.3, 0.4) is 0 Å². The fourth-order valence-electron chi connectivity index (χ4n) is 2.12. The predicted octanol–water partition coefficient (Wildman–Crippen LogP) is 2.29. The van der Waals surface area contributed by atoms with Gasteiger partial charge in [-0.05, 0) is 46.8 Å². The lowest BCUT2D eigenvalue weighted by Crippen LogP contribution is -2.39. The Bertz CT molecular complexity index is 400. The predicted molar refractivity (Wildman–Crippen MR) is 69.9 cm³/mol. The molecular weight excluding hydrogens is 282 g/mol. The van der Waals surface area contributed by atoms with Crippen LogP contribution in [-0.4, -0.2) is 35.6 Å². The lowest BCUT2D eigenvalue weighted by Gasteiger charge is -2.31. The van der Waals surface area contributed by atoms with Crippen LogP contribution < -0.4 is 0 Å². The minimum atomic E-state index is 0.0777. The molecule has 92 valence electrons. The maximum absolute atomic E-state index is 12.2. The van der Waals surface area contributed by atoms with Crippen LogP contribution in [-0.2, 0) is 0 Å². The van der Waals surface area contributed by atoms with E-state index in [0.29, 0.717) is 5.92 Å². The number of carbonyl (C=O) groups is 1. The van der Waals surface area contributed by atoms with Crippen LogP contribution in [0.1, 0.15) is 23.2 Å². The largest absolute Gasteiger partial charge is 0.396 e. The highest BCUT2D eigenvalue weighted by Crippen LogP contribution is 2.22. The van der Waals surface area contributed by atoms with Crippen molar-refractivity contribution in [2.75, 3.05) is 19.7 Å². The monoisotopic (exact) mass is 297 g/mol. The summed E-state index contributed by atoms with van der Waals surface area (Å²) >= 11 is 3.40. The number of carbonyl (C=O) groups excluding carboxylic acids is 1. The van der Waals surface area contributed by atoms with Crippen LogP contribution in [0.15, 0.2) is 28.7 Å². The maximum Gasteiger partial charge on any atom is 0.254 e. The zero-order chi connectivity index (χ0) is 12.3. The Morgan fingerprint density at radius 2 is 2.00 bits per heavy atom. The van der Waals surface area contributed by atoms with E-state index in [2.05, 4.69) is 15.9 Å². The van der Waals surface area contributed by atoms with E-state index in [-0.39, 0.29) is 12.5 Å². The van der Waals surface area contributed by atoms with Gasteiger partial charge in [-0.3, -0.25) is 4.79 Å². The minimum absolute atomic E-state index is 0.0777. The first-order valence-corrected chi connectivity index (χ1v) is 6.66. The van der Waals surface area contributed by atoms with E-state index in [0.717, 1.165) is 36.0 Å². The molecule has 1 aromatic carbocycles. The highest BCUT2D eigenvalue weighted by atomic mass is 79.9. The number of amides is 1. The highest BCUT2D eigenvalue weighted by molar-refractivity contribution is 9.10. The van der Waals surface area contributed by atoms with Crippen LogP contribution in [0.5, 0.6) is 0 Å². The lowest BCUT2D eigenvalue weighted by molar-refractivity contribution is 0.0650. The van der Waals surface area contributed by atoms with Gasteiger partial charge in [0.1, 0.15) is 0 Å². The summed E-state index contributed by atoms with van der Waals surface area (Å²) in [6, 6.07) is 7.50. The Balaban J connectivity index is 2.04. The first-order valence-electron chi connectivity index (χ1n) is 5.87. The van der Waals surface area contributed by atoms with Gasteiger partial charge >= 0.3 is 0 Å². The molecule has 1 N–H and O–H groups in total. The summed E-state index contributed by atoms with van der Waals surface area (Å²) in [5.41, 5.74) is 0.718. The van der Waals surface area contributed by atoms with Gasteiger partial charge in [0, 0.05) is 24.2 Å². The van der Waals surface area contributed by atoms with Crippen molar-refractivity contribution < 1.29 is 9.90 Å². The molecule has 0 saturated carbocycles. The fourth-order valence-corrected chi connectivity index (χ4v) is 2.58. The number of hydrogen-bond donors (Lipinski definition) is 1. The van der Waals surface area contributed by atoms with Gasteiger partial charge in [-0.1, -0.05) is 12.1 Å². The van der Waals surface area contributed by atoms with Crippen molar-refractivity contribution in [3.8, 4) is 0 Å². The number of benzene rings is 1. The molecule has 1 heterocycles.